The van der Waals surface area contributed by atoms with Crippen LogP contribution in [0.15, 0.2) is 24.5 Å². The van der Waals surface area contributed by atoms with Crippen LogP contribution in [-0.4, -0.2) is 5.97 Å². The third-order valence-electron chi connectivity index (χ3n) is 2.66. The molecule has 13 heavy (non-hydrogen) atoms. The van der Waals surface area contributed by atoms with Crippen LogP contribution >= 0.6 is 0 Å². The Balaban J connectivity index is 2.67. The molecule has 0 N–H and O–H groups in total. The summed E-state index contributed by atoms with van der Waals surface area (Å²) in [6.07, 6.45) is 5.98. The Kier molecular flexibility index (Phi) is 2.91. The summed E-state index contributed by atoms with van der Waals surface area (Å²) in [7, 11) is 0. The highest BCUT2D eigenvalue weighted by Gasteiger charge is 2.35. The van der Waals surface area contributed by atoms with Crippen molar-refractivity contribution in [3.8, 4) is 0 Å². The maximum Gasteiger partial charge on any atom is 0.316 e. The summed E-state index contributed by atoms with van der Waals surface area (Å²) >= 11 is 0. The van der Waals surface area contributed by atoms with E-state index in [1.165, 1.54) is 11.8 Å². The largest absolute Gasteiger partial charge is 0.435 e. The lowest BCUT2D eigenvalue weighted by molar-refractivity contribution is -0.149. The average molecular weight is 180 g/mol. The van der Waals surface area contributed by atoms with Crippen LogP contribution in [0, 0.1) is 5.41 Å². The molecule has 72 valence electrons. The molecule has 2 nitrogen and oxygen atoms in total. The van der Waals surface area contributed by atoms with E-state index < -0.39 is 0 Å². The van der Waals surface area contributed by atoms with Gasteiger partial charge in [0.25, 0.3) is 0 Å². The minimum Gasteiger partial charge on any atom is -0.435 e. The van der Waals surface area contributed by atoms with Gasteiger partial charge in [-0.1, -0.05) is 18.2 Å². The fourth-order valence-corrected chi connectivity index (χ4v) is 1.48. The number of carbonyl (C=O) groups excluding carboxylic acids is 1. The van der Waals surface area contributed by atoms with Gasteiger partial charge in [-0.15, -0.1) is 0 Å². The number of ether oxygens (including phenoxy) is 1. The van der Waals surface area contributed by atoms with Gasteiger partial charge in [-0.2, -0.15) is 0 Å². The summed E-state index contributed by atoms with van der Waals surface area (Å²) < 4.78 is 4.82. The maximum absolute atomic E-state index is 11.5. The third-order valence-corrected chi connectivity index (χ3v) is 2.66. The second-order valence-corrected chi connectivity index (χ2v) is 3.89. The number of rotatable bonds is 2. The van der Waals surface area contributed by atoms with Gasteiger partial charge >= 0.3 is 5.97 Å². The molecule has 1 aliphatic carbocycles. The van der Waals surface area contributed by atoms with Gasteiger partial charge in [0.1, 0.15) is 0 Å². The van der Waals surface area contributed by atoms with Gasteiger partial charge in [-0.25, -0.2) is 0 Å². The molecule has 1 atom stereocenters. The summed E-state index contributed by atoms with van der Waals surface area (Å²) in [5.41, 5.74) is 1.03. The summed E-state index contributed by atoms with van der Waals surface area (Å²) in [5, 5.41) is 0. The van der Waals surface area contributed by atoms with Crippen molar-refractivity contribution in [3.05, 3.63) is 24.5 Å². The van der Waals surface area contributed by atoms with Gasteiger partial charge in [0, 0.05) is 0 Å². The second-order valence-electron chi connectivity index (χ2n) is 3.89. The molecule has 2 heteroatoms. The summed E-state index contributed by atoms with van der Waals surface area (Å²) in [6, 6.07) is 0. The summed E-state index contributed by atoms with van der Waals surface area (Å²) in [6.45, 7) is 7.42. The lowest BCUT2D eigenvalue weighted by Gasteiger charge is -2.28. The van der Waals surface area contributed by atoms with Gasteiger partial charge in [0.15, 0.2) is 0 Å². The van der Waals surface area contributed by atoms with Crippen LogP contribution in [0.5, 0.6) is 0 Å². The first-order valence-electron chi connectivity index (χ1n) is 4.56. The van der Waals surface area contributed by atoms with E-state index in [2.05, 4.69) is 19.6 Å². The molecule has 1 aliphatic rings. The highest BCUT2D eigenvalue weighted by Crippen LogP contribution is 2.35. The number of allylic oxidation sites excluding steroid dienone is 2. The van der Waals surface area contributed by atoms with Gasteiger partial charge in [0.2, 0.25) is 0 Å². The van der Waals surface area contributed by atoms with E-state index in [0.29, 0.717) is 0 Å². The van der Waals surface area contributed by atoms with Crippen molar-refractivity contribution in [1.82, 2.24) is 0 Å². The molecule has 0 saturated carbocycles. The molecule has 0 saturated heterocycles. The Morgan fingerprint density at radius 1 is 1.77 bits per heavy atom. The zero-order chi connectivity index (χ0) is 9.90. The lowest BCUT2D eigenvalue weighted by atomic mass is 9.77. The van der Waals surface area contributed by atoms with E-state index in [4.69, 9.17) is 4.74 Å². The van der Waals surface area contributed by atoms with Crippen LogP contribution in [0.3, 0.4) is 0 Å². The first-order chi connectivity index (χ1) is 6.08. The highest BCUT2D eigenvalue weighted by molar-refractivity contribution is 5.77. The molecule has 0 aliphatic heterocycles. The van der Waals surface area contributed by atoms with E-state index in [1.807, 2.05) is 6.92 Å². The average Bonchev–Trinajstić information content (AvgIpc) is 2.11. The molecule has 0 aromatic carbocycles. The summed E-state index contributed by atoms with van der Waals surface area (Å²) in [5.74, 6) is -0.161. The molecule has 0 aromatic heterocycles. The van der Waals surface area contributed by atoms with Crippen molar-refractivity contribution in [2.75, 3.05) is 0 Å². The number of hydrogen-bond acceptors (Lipinski definition) is 2. The normalized spacial score (nSPS) is 27.7. The molecule has 0 amide bonds. The Hall–Kier alpha value is -1.05. The smallest absolute Gasteiger partial charge is 0.316 e. The zero-order valence-electron chi connectivity index (χ0n) is 8.30. The molecule has 0 heterocycles. The van der Waals surface area contributed by atoms with E-state index in [0.717, 1.165) is 19.3 Å². The minimum atomic E-state index is -0.340. The van der Waals surface area contributed by atoms with E-state index in [1.54, 1.807) is 0 Å². The fraction of sp³-hybridized carbons (Fsp3) is 0.545. The molecule has 1 rings (SSSR count). The standard InChI is InChI=1S/C11H16O2/c1-4-13-10(12)11(3)7-5-9(2)6-8-11/h4-5H,1,6-8H2,2-3H3. The van der Waals surface area contributed by atoms with Gasteiger partial charge in [0.05, 0.1) is 11.7 Å². The molecule has 0 aromatic rings. The molecule has 0 fully saturated rings. The van der Waals surface area contributed by atoms with E-state index in [9.17, 15) is 4.79 Å². The fourth-order valence-electron chi connectivity index (χ4n) is 1.48. The predicted molar refractivity (Wildman–Crippen MR) is 52.0 cm³/mol. The Labute approximate surface area is 79.3 Å². The van der Waals surface area contributed by atoms with Crippen molar-refractivity contribution in [3.63, 3.8) is 0 Å². The molecule has 0 bridgehead atoms. The zero-order valence-corrected chi connectivity index (χ0v) is 8.30. The van der Waals surface area contributed by atoms with Crippen LogP contribution in [-0.2, 0) is 9.53 Å². The molecule has 1 unspecified atom stereocenters. The van der Waals surface area contributed by atoms with Gasteiger partial charge < -0.3 is 4.74 Å². The van der Waals surface area contributed by atoms with Crippen molar-refractivity contribution in [1.29, 1.82) is 0 Å². The van der Waals surface area contributed by atoms with Crippen LogP contribution in [0.2, 0.25) is 0 Å². The van der Waals surface area contributed by atoms with Crippen molar-refractivity contribution >= 4 is 5.97 Å². The number of esters is 1. The topological polar surface area (TPSA) is 26.3 Å². The molecular formula is C11H16O2. The second kappa shape index (κ2) is 3.77. The first kappa shape index (κ1) is 10.0. The van der Waals surface area contributed by atoms with E-state index >= 15 is 0 Å². The first-order valence-corrected chi connectivity index (χ1v) is 4.56. The van der Waals surface area contributed by atoms with E-state index in [-0.39, 0.29) is 11.4 Å². The lowest BCUT2D eigenvalue weighted by Crippen LogP contribution is -2.30. The van der Waals surface area contributed by atoms with Crippen molar-refractivity contribution in [2.45, 2.75) is 33.1 Å². The van der Waals surface area contributed by atoms with Crippen LogP contribution in [0.25, 0.3) is 0 Å². The predicted octanol–water partition coefficient (Wildman–Crippen LogP) is 2.81. The monoisotopic (exact) mass is 180 g/mol. The number of hydrogen-bond donors (Lipinski definition) is 0. The van der Waals surface area contributed by atoms with Crippen molar-refractivity contribution < 1.29 is 9.53 Å². The summed E-state index contributed by atoms with van der Waals surface area (Å²) in [4.78, 5) is 11.5. The van der Waals surface area contributed by atoms with Crippen LogP contribution in [0.1, 0.15) is 33.1 Å². The van der Waals surface area contributed by atoms with Crippen molar-refractivity contribution in [2.24, 2.45) is 5.41 Å². The quantitative estimate of drug-likeness (QED) is 0.371. The Morgan fingerprint density at radius 2 is 2.46 bits per heavy atom. The van der Waals surface area contributed by atoms with Gasteiger partial charge in [-0.05, 0) is 33.1 Å². The molecular weight excluding hydrogens is 164 g/mol. The minimum absolute atomic E-state index is 0.161. The highest BCUT2D eigenvalue weighted by atomic mass is 16.5. The van der Waals surface area contributed by atoms with Crippen LogP contribution < -0.4 is 0 Å². The van der Waals surface area contributed by atoms with Crippen LogP contribution in [0.4, 0.5) is 0 Å². The number of carbonyl (C=O) groups is 1. The maximum atomic E-state index is 11.5. The molecule has 0 spiro atoms. The molecule has 0 radical (unpaired) electrons. The van der Waals surface area contributed by atoms with Gasteiger partial charge in [-0.3, -0.25) is 4.79 Å². The Bertz CT molecular complexity index is 253. The third kappa shape index (κ3) is 2.20. The Morgan fingerprint density at radius 3 is 2.92 bits per heavy atom. The SMILES string of the molecule is C=COC(=O)C1(C)CC=C(C)CC1.